The zero-order chi connectivity index (χ0) is 25.9. The zero-order valence-electron chi connectivity index (χ0n) is 20.3. The Kier molecular flexibility index (Phi) is 7.74. The van der Waals surface area contributed by atoms with E-state index in [1.165, 1.54) is 0 Å². The summed E-state index contributed by atoms with van der Waals surface area (Å²) in [7, 11) is 0. The number of hydrogen-bond donors (Lipinski definition) is 1. The highest BCUT2D eigenvalue weighted by Crippen LogP contribution is 2.35. The Morgan fingerprint density at radius 2 is 1.69 bits per heavy atom. The molecule has 0 aromatic heterocycles. The Balaban J connectivity index is 1.30. The summed E-state index contributed by atoms with van der Waals surface area (Å²) < 4.78 is 50.7. The molecule has 1 aliphatic heterocycles. The number of amides is 1. The van der Waals surface area contributed by atoms with Crippen LogP contribution in [-0.4, -0.2) is 37.3 Å². The molecule has 0 radical (unpaired) electrons. The minimum atomic E-state index is -4.51. The van der Waals surface area contributed by atoms with Gasteiger partial charge in [0.2, 0.25) is 5.91 Å². The Morgan fingerprint density at radius 3 is 2.28 bits per heavy atom. The molecule has 1 saturated heterocycles. The molecule has 1 N–H and O–H groups in total. The highest BCUT2D eigenvalue weighted by molar-refractivity contribution is 5.92. The fraction of sp³-hybridized carbons (Fsp3) is 0.481. The first-order valence-electron chi connectivity index (χ1n) is 12.2. The number of rotatable bonds is 5. The number of anilines is 2. The van der Waals surface area contributed by atoms with Crippen molar-refractivity contribution in [1.29, 1.82) is 5.26 Å². The number of benzene rings is 2. The molecule has 1 aliphatic carbocycles. The van der Waals surface area contributed by atoms with Crippen molar-refractivity contribution in [3.63, 3.8) is 0 Å². The van der Waals surface area contributed by atoms with Crippen LogP contribution in [0.4, 0.5) is 24.5 Å². The van der Waals surface area contributed by atoms with Gasteiger partial charge in [-0.15, -0.1) is 0 Å². The number of carbonyl (C=O) groups excluding carboxylic acids is 1. The lowest BCUT2D eigenvalue weighted by atomic mass is 9.86. The molecule has 4 rings (SSSR count). The summed E-state index contributed by atoms with van der Waals surface area (Å²) in [4.78, 5) is 15.1. The van der Waals surface area contributed by atoms with E-state index in [0.717, 1.165) is 42.7 Å². The summed E-state index contributed by atoms with van der Waals surface area (Å²) in [5, 5.41) is 12.2. The highest BCUT2D eigenvalue weighted by Gasteiger charge is 2.33. The second kappa shape index (κ2) is 10.8. The molecule has 2 aromatic rings. The first kappa shape index (κ1) is 25.8. The quantitative estimate of drug-likeness (QED) is 0.563. The Labute approximate surface area is 209 Å². The van der Waals surface area contributed by atoms with Crippen molar-refractivity contribution in [3.8, 4) is 11.8 Å². The van der Waals surface area contributed by atoms with Crippen LogP contribution in [0.3, 0.4) is 0 Å². The van der Waals surface area contributed by atoms with Crippen LogP contribution in [0.25, 0.3) is 0 Å². The maximum Gasteiger partial charge on any atom is 0.416 e. The Bertz CT molecular complexity index is 1100. The predicted molar refractivity (Wildman–Crippen MR) is 130 cm³/mol. The third-order valence-electron chi connectivity index (χ3n) is 6.69. The third kappa shape index (κ3) is 6.30. The molecule has 6 nitrogen and oxygen atoms in total. The van der Waals surface area contributed by atoms with Crippen LogP contribution in [0.15, 0.2) is 42.5 Å². The number of halogens is 3. The molecule has 0 bridgehead atoms. The predicted octanol–water partition coefficient (Wildman–Crippen LogP) is 5.77. The largest absolute Gasteiger partial charge is 0.489 e. The Morgan fingerprint density at radius 1 is 1.06 bits per heavy atom. The Hall–Kier alpha value is -3.25. The van der Waals surface area contributed by atoms with E-state index in [4.69, 9.17) is 9.47 Å². The van der Waals surface area contributed by atoms with Crippen molar-refractivity contribution in [1.82, 2.24) is 0 Å². The number of nitrogens with one attached hydrogen (secondary N) is 1. The summed E-state index contributed by atoms with van der Waals surface area (Å²) in [6, 6.07) is 12.5. The molecule has 0 unspecified atom stereocenters. The number of carbonyl (C=O) groups is 1. The monoisotopic (exact) mass is 501 g/mol. The van der Waals surface area contributed by atoms with Crippen LogP contribution in [-0.2, 0) is 15.7 Å². The SMILES string of the molecule is C[C@@H]1CN(c2ccc(NC(=O)C3CCC(Oc4cc(C(F)(F)F)ccc4C#N)CC3)cc2)C[C@H](C)O1. The number of alkyl halides is 3. The van der Waals surface area contributed by atoms with Crippen molar-refractivity contribution >= 4 is 17.3 Å². The van der Waals surface area contributed by atoms with Crippen LogP contribution < -0.4 is 15.0 Å². The number of nitriles is 1. The molecule has 2 atom stereocenters. The number of morpholine rings is 1. The van der Waals surface area contributed by atoms with Crippen molar-refractivity contribution in [3.05, 3.63) is 53.6 Å². The van der Waals surface area contributed by atoms with Crippen molar-refractivity contribution in [2.45, 2.75) is 64.0 Å². The molecule has 1 saturated carbocycles. The van der Waals surface area contributed by atoms with Crippen molar-refractivity contribution in [2.75, 3.05) is 23.3 Å². The number of hydrogen-bond acceptors (Lipinski definition) is 5. The molecule has 2 aliphatic rings. The van der Waals surface area contributed by atoms with Gasteiger partial charge in [-0.3, -0.25) is 4.79 Å². The van der Waals surface area contributed by atoms with Gasteiger partial charge in [0.15, 0.2) is 0 Å². The van der Waals surface area contributed by atoms with Gasteiger partial charge in [-0.25, -0.2) is 0 Å². The van der Waals surface area contributed by atoms with Gasteiger partial charge >= 0.3 is 6.18 Å². The van der Waals surface area contributed by atoms with E-state index in [-0.39, 0.29) is 41.4 Å². The number of nitrogens with zero attached hydrogens (tertiary/aromatic N) is 2. The summed E-state index contributed by atoms with van der Waals surface area (Å²) >= 11 is 0. The second-order valence-corrected chi connectivity index (χ2v) is 9.61. The number of ether oxygens (including phenoxy) is 2. The first-order chi connectivity index (χ1) is 17.1. The lowest BCUT2D eigenvalue weighted by Crippen LogP contribution is -2.45. The lowest BCUT2D eigenvalue weighted by Gasteiger charge is -2.36. The minimum Gasteiger partial charge on any atom is -0.489 e. The van der Waals surface area contributed by atoms with Crippen LogP contribution in [0.5, 0.6) is 5.75 Å². The molecule has 9 heteroatoms. The molecule has 0 spiro atoms. The average Bonchev–Trinajstić information content (AvgIpc) is 2.83. The van der Waals surface area contributed by atoms with E-state index < -0.39 is 11.7 Å². The topological polar surface area (TPSA) is 74.6 Å². The summed E-state index contributed by atoms with van der Waals surface area (Å²) in [5.74, 6) is -0.349. The van der Waals surface area contributed by atoms with E-state index in [0.29, 0.717) is 25.7 Å². The summed E-state index contributed by atoms with van der Waals surface area (Å²) in [6.07, 6.45) is -2.39. The van der Waals surface area contributed by atoms with Crippen LogP contribution in [0, 0.1) is 17.2 Å². The molecular formula is C27H30F3N3O3. The van der Waals surface area contributed by atoms with Crippen molar-refractivity contribution in [2.24, 2.45) is 5.92 Å². The zero-order valence-corrected chi connectivity index (χ0v) is 20.3. The molecular weight excluding hydrogens is 471 g/mol. The van der Waals surface area contributed by atoms with E-state index in [2.05, 4.69) is 24.1 Å². The molecule has 2 aromatic carbocycles. The maximum atomic E-state index is 13.1. The van der Waals surface area contributed by atoms with Crippen LogP contribution in [0.2, 0.25) is 0 Å². The fourth-order valence-electron chi connectivity index (χ4n) is 4.90. The van der Waals surface area contributed by atoms with Gasteiger partial charge in [-0.1, -0.05) is 0 Å². The van der Waals surface area contributed by atoms with E-state index in [9.17, 15) is 23.2 Å². The average molecular weight is 502 g/mol. The molecule has 36 heavy (non-hydrogen) atoms. The van der Waals surface area contributed by atoms with Crippen LogP contribution in [0.1, 0.15) is 50.7 Å². The van der Waals surface area contributed by atoms with Crippen molar-refractivity contribution < 1.29 is 27.4 Å². The standard InChI is InChI=1S/C27H30F3N3O3/c1-17-15-33(16-18(2)35-17)23-9-7-22(8-10-23)32-26(34)19-4-11-24(12-5-19)36-25-13-21(27(28,29)30)6-3-20(25)14-31/h3,6-10,13,17-19,24H,4-5,11-12,15-16H2,1-2H3,(H,32,34)/t17-,18+,19?,24?. The van der Waals surface area contributed by atoms with Gasteiger partial charge in [-0.2, -0.15) is 18.4 Å². The van der Waals surface area contributed by atoms with Gasteiger partial charge in [0.25, 0.3) is 0 Å². The summed E-state index contributed by atoms with van der Waals surface area (Å²) in [5.41, 5.74) is 1.01. The molecule has 192 valence electrons. The van der Waals surface area contributed by atoms with Gasteiger partial charge in [0, 0.05) is 30.4 Å². The fourth-order valence-corrected chi connectivity index (χ4v) is 4.90. The minimum absolute atomic E-state index is 0.0623. The van der Waals surface area contributed by atoms with Gasteiger partial charge < -0.3 is 19.7 Å². The second-order valence-electron chi connectivity index (χ2n) is 9.61. The van der Waals surface area contributed by atoms with Gasteiger partial charge in [0.05, 0.1) is 29.4 Å². The molecule has 2 fully saturated rings. The van der Waals surface area contributed by atoms with Gasteiger partial charge in [0.1, 0.15) is 11.8 Å². The van der Waals surface area contributed by atoms with Gasteiger partial charge in [-0.05, 0) is 82.0 Å². The highest BCUT2D eigenvalue weighted by atomic mass is 19.4. The van der Waals surface area contributed by atoms with E-state index in [1.54, 1.807) is 0 Å². The smallest absolute Gasteiger partial charge is 0.416 e. The van der Waals surface area contributed by atoms with Crippen LogP contribution >= 0.6 is 0 Å². The first-order valence-corrected chi connectivity index (χ1v) is 12.2. The lowest BCUT2D eigenvalue weighted by molar-refractivity contribution is -0.137. The third-order valence-corrected chi connectivity index (χ3v) is 6.69. The molecule has 1 heterocycles. The molecule has 1 amide bonds. The maximum absolute atomic E-state index is 13.1. The normalized spacial score (nSPS) is 24.6. The summed E-state index contributed by atoms with van der Waals surface area (Å²) in [6.45, 7) is 5.74. The van der Waals surface area contributed by atoms with E-state index >= 15 is 0 Å². The van der Waals surface area contributed by atoms with E-state index in [1.807, 2.05) is 30.3 Å².